The lowest BCUT2D eigenvalue weighted by molar-refractivity contribution is 0.212. The predicted octanol–water partition coefficient (Wildman–Crippen LogP) is 2.68. The summed E-state index contributed by atoms with van der Waals surface area (Å²) in [5, 5.41) is 3.31. The standard InChI is InChI=1S/C13H11ClN4O/c14-10-3-1-2-4-11(10)17-13(19)18-6-9-5-15-8-16-12(9)7-18/h1-5,8H,6-7H2,(H,17,19). The lowest BCUT2D eigenvalue weighted by atomic mass is 10.3. The Kier molecular flexibility index (Phi) is 3.05. The summed E-state index contributed by atoms with van der Waals surface area (Å²) in [5.41, 5.74) is 2.48. The van der Waals surface area contributed by atoms with Gasteiger partial charge in [0.2, 0.25) is 0 Å². The molecule has 1 aromatic heterocycles. The van der Waals surface area contributed by atoms with Crippen molar-refractivity contribution >= 4 is 23.3 Å². The zero-order valence-electron chi connectivity index (χ0n) is 10.0. The molecule has 1 aromatic carbocycles. The molecule has 19 heavy (non-hydrogen) atoms. The molecule has 0 spiro atoms. The number of aromatic nitrogens is 2. The van der Waals surface area contributed by atoms with Crippen molar-refractivity contribution in [2.24, 2.45) is 0 Å². The minimum absolute atomic E-state index is 0.189. The lowest BCUT2D eigenvalue weighted by Crippen LogP contribution is -2.30. The normalized spacial score (nSPS) is 13.2. The Balaban J connectivity index is 1.72. The average molecular weight is 275 g/mol. The number of carbonyl (C=O) groups excluding carboxylic acids is 1. The minimum Gasteiger partial charge on any atom is -0.314 e. The van der Waals surface area contributed by atoms with Crippen LogP contribution < -0.4 is 5.32 Å². The van der Waals surface area contributed by atoms with Gasteiger partial charge in [0, 0.05) is 11.8 Å². The third-order valence-electron chi connectivity index (χ3n) is 2.99. The van der Waals surface area contributed by atoms with E-state index in [1.165, 1.54) is 6.33 Å². The molecular weight excluding hydrogens is 264 g/mol. The second kappa shape index (κ2) is 4.85. The smallest absolute Gasteiger partial charge is 0.314 e. The van der Waals surface area contributed by atoms with Crippen molar-refractivity contribution in [1.29, 1.82) is 0 Å². The topological polar surface area (TPSA) is 58.1 Å². The van der Waals surface area contributed by atoms with Gasteiger partial charge in [-0.3, -0.25) is 0 Å². The Bertz CT molecular complexity index is 607. The van der Waals surface area contributed by atoms with Gasteiger partial charge in [-0.2, -0.15) is 0 Å². The van der Waals surface area contributed by atoms with Crippen LogP contribution in [-0.2, 0) is 13.1 Å². The van der Waals surface area contributed by atoms with Crippen LogP contribution in [0.15, 0.2) is 36.8 Å². The quantitative estimate of drug-likeness (QED) is 0.870. The van der Waals surface area contributed by atoms with Crippen LogP contribution in [0.1, 0.15) is 11.3 Å². The van der Waals surface area contributed by atoms with Crippen LogP contribution in [0, 0.1) is 0 Å². The number of amides is 2. The number of hydrogen-bond acceptors (Lipinski definition) is 3. The number of rotatable bonds is 1. The fourth-order valence-corrected chi connectivity index (χ4v) is 2.18. The Morgan fingerprint density at radius 1 is 1.32 bits per heavy atom. The van der Waals surface area contributed by atoms with Crippen molar-refractivity contribution in [3.8, 4) is 0 Å². The van der Waals surface area contributed by atoms with E-state index in [0.29, 0.717) is 23.8 Å². The van der Waals surface area contributed by atoms with Crippen molar-refractivity contribution in [2.45, 2.75) is 13.1 Å². The number of hydrogen-bond donors (Lipinski definition) is 1. The molecule has 0 atom stereocenters. The highest BCUT2D eigenvalue weighted by Crippen LogP contribution is 2.23. The predicted molar refractivity (Wildman–Crippen MR) is 71.7 cm³/mol. The van der Waals surface area contributed by atoms with Crippen LogP contribution in [0.3, 0.4) is 0 Å². The summed E-state index contributed by atoms with van der Waals surface area (Å²) in [6, 6.07) is 6.96. The van der Waals surface area contributed by atoms with Gasteiger partial charge in [-0.25, -0.2) is 14.8 Å². The summed E-state index contributed by atoms with van der Waals surface area (Å²) in [6.07, 6.45) is 3.24. The van der Waals surface area contributed by atoms with Gasteiger partial charge in [0.1, 0.15) is 6.33 Å². The van der Waals surface area contributed by atoms with Crippen molar-refractivity contribution in [2.75, 3.05) is 5.32 Å². The second-order valence-electron chi connectivity index (χ2n) is 4.26. The van der Waals surface area contributed by atoms with E-state index in [1.54, 1.807) is 23.2 Å². The van der Waals surface area contributed by atoms with Gasteiger partial charge in [0.25, 0.3) is 0 Å². The van der Waals surface area contributed by atoms with Gasteiger partial charge in [-0.15, -0.1) is 0 Å². The summed E-state index contributed by atoms with van der Waals surface area (Å²) < 4.78 is 0. The highest BCUT2D eigenvalue weighted by molar-refractivity contribution is 6.33. The Hall–Kier alpha value is -2.14. The van der Waals surface area contributed by atoms with E-state index in [1.807, 2.05) is 12.1 Å². The molecule has 1 aliphatic rings. The summed E-state index contributed by atoms with van der Waals surface area (Å²) in [6.45, 7) is 1.01. The molecule has 0 unspecified atom stereocenters. The number of nitrogens with one attached hydrogen (secondary N) is 1. The fraction of sp³-hybridized carbons (Fsp3) is 0.154. The van der Waals surface area contributed by atoms with Gasteiger partial charge in [-0.05, 0) is 12.1 Å². The number of carbonyl (C=O) groups is 1. The summed E-state index contributed by atoms with van der Waals surface area (Å²) >= 11 is 6.01. The van der Waals surface area contributed by atoms with Crippen LogP contribution >= 0.6 is 11.6 Å². The summed E-state index contributed by atoms with van der Waals surface area (Å²) in [7, 11) is 0. The average Bonchev–Trinajstić information content (AvgIpc) is 2.85. The number of halogens is 1. The van der Waals surface area contributed by atoms with E-state index in [4.69, 9.17) is 11.6 Å². The van der Waals surface area contributed by atoms with Crippen LogP contribution in [0.4, 0.5) is 10.5 Å². The van der Waals surface area contributed by atoms with Gasteiger partial charge < -0.3 is 10.2 Å². The van der Waals surface area contributed by atoms with Crippen LogP contribution in [0.5, 0.6) is 0 Å². The minimum atomic E-state index is -0.189. The summed E-state index contributed by atoms with van der Waals surface area (Å²) in [4.78, 5) is 21.9. The first-order valence-corrected chi connectivity index (χ1v) is 6.20. The first kappa shape index (κ1) is 11.9. The molecule has 3 rings (SSSR count). The largest absolute Gasteiger partial charge is 0.322 e. The van der Waals surface area contributed by atoms with Crippen molar-refractivity contribution < 1.29 is 4.79 Å². The molecule has 0 radical (unpaired) electrons. The molecule has 2 amide bonds. The molecular formula is C13H11ClN4O. The zero-order valence-corrected chi connectivity index (χ0v) is 10.8. The fourth-order valence-electron chi connectivity index (χ4n) is 2.00. The summed E-state index contributed by atoms with van der Waals surface area (Å²) in [5.74, 6) is 0. The van der Waals surface area contributed by atoms with Crippen LogP contribution in [0.25, 0.3) is 0 Å². The Morgan fingerprint density at radius 2 is 2.16 bits per heavy atom. The molecule has 0 saturated carbocycles. The van der Waals surface area contributed by atoms with Crippen molar-refractivity contribution in [1.82, 2.24) is 14.9 Å². The lowest BCUT2D eigenvalue weighted by Gasteiger charge is -2.16. The van der Waals surface area contributed by atoms with Crippen LogP contribution in [0.2, 0.25) is 5.02 Å². The van der Waals surface area contributed by atoms with E-state index in [0.717, 1.165) is 11.3 Å². The van der Waals surface area contributed by atoms with E-state index in [-0.39, 0.29) is 6.03 Å². The monoisotopic (exact) mass is 274 g/mol. The van der Waals surface area contributed by atoms with E-state index in [2.05, 4.69) is 15.3 Å². The maximum Gasteiger partial charge on any atom is 0.322 e. The molecule has 2 heterocycles. The number of fused-ring (bicyclic) bond motifs is 1. The maximum atomic E-state index is 12.1. The first-order chi connectivity index (χ1) is 9.24. The van der Waals surface area contributed by atoms with Crippen molar-refractivity contribution in [3.63, 3.8) is 0 Å². The van der Waals surface area contributed by atoms with E-state index in [9.17, 15) is 4.79 Å². The molecule has 96 valence electrons. The van der Waals surface area contributed by atoms with E-state index >= 15 is 0 Å². The molecule has 0 bridgehead atoms. The van der Waals surface area contributed by atoms with Gasteiger partial charge in [0.05, 0.1) is 29.5 Å². The number of nitrogens with zero attached hydrogens (tertiary/aromatic N) is 3. The van der Waals surface area contributed by atoms with Gasteiger partial charge >= 0.3 is 6.03 Å². The molecule has 5 nitrogen and oxygen atoms in total. The molecule has 1 N–H and O–H groups in total. The Morgan fingerprint density at radius 3 is 2.95 bits per heavy atom. The number of anilines is 1. The highest BCUT2D eigenvalue weighted by Gasteiger charge is 2.24. The SMILES string of the molecule is O=C(Nc1ccccc1Cl)N1Cc2cncnc2C1. The third kappa shape index (κ3) is 2.37. The molecule has 0 saturated heterocycles. The first-order valence-electron chi connectivity index (χ1n) is 5.82. The maximum absolute atomic E-state index is 12.1. The highest BCUT2D eigenvalue weighted by atomic mass is 35.5. The number of benzene rings is 1. The molecule has 6 heteroatoms. The number of urea groups is 1. The second-order valence-corrected chi connectivity index (χ2v) is 4.67. The molecule has 2 aromatic rings. The molecule has 0 fully saturated rings. The number of para-hydroxylation sites is 1. The molecule has 0 aliphatic carbocycles. The Labute approximate surface area is 115 Å². The third-order valence-corrected chi connectivity index (χ3v) is 3.32. The zero-order chi connectivity index (χ0) is 13.2. The van der Waals surface area contributed by atoms with Gasteiger partial charge in [-0.1, -0.05) is 23.7 Å². The van der Waals surface area contributed by atoms with Gasteiger partial charge in [0.15, 0.2) is 0 Å². The van der Waals surface area contributed by atoms with Crippen LogP contribution in [-0.4, -0.2) is 20.9 Å². The molecule has 1 aliphatic heterocycles. The van der Waals surface area contributed by atoms with Crippen molar-refractivity contribution in [3.05, 3.63) is 53.1 Å². The van der Waals surface area contributed by atoms with E-state index < -0.39 is 0 Å².